The summed E-state index contributed by atoms with van der Waals surface area (Å²) in [4.78, 5) is 23.5. The van der Waals surface area contributed by atoms with Crippen molar-refractivity contribution in [2.75, 3.05) is 11.9 Å². The number of amides is 2. The van der Waals surface area contributed by atoms with Crippen LogP contribution in [-0.4, -0.2) is 18.4 Å². The van der Waals surface area contributed by atoms with Crippen LogP contribution in [0.4, 0.5) is 10.1 Å². The molecule has 0 spiro atoms. The third-order valence-corrected chi connectivity index (χ3v) is 3.17. The highest BCUT2D eigenvalue weighted by molar-refractivity contribution is 9.10. The SMILES string of the molecule is O=C(CNC(=O)c1ccc(Br)cc1)Nc1ccc(F)cc1. The Hall–Kier alpha value is -2.21. The molecule has 0 aromatic heterocycles. The lowest BCUT2D eigenvalue weighted by Crippen LogP contribution is -2.32. The molecule has 108 valence electrons. The van der Waals surface area contributed by atoms with E-state index < -0.39 is 0 Å². The molecule has 4 nitrogen and oxygen atoms in total. The summed E-state index contributed by atoms with van der Waals surface area (Å²) >= 11 is 3.28. The van der Waals surface area contributed by atoms with Gasteiger partial charge in [0.1, 0.15) is 5.82 Å². The topological polar surface area (TPSA) is 58.2 Å². The summed E-state index contributed by atoms with van der Waals surface area (Å²) in [6, 6.07) is 12.2. The number of hydrogen-bond acceptors (Lipinski definition) is 2. The van der Waals surface area contributed by atoms with E-state index in [1.54, 1.807) is 24.3 Å². The monoisotopic (exact) mass is 350 g/mol. The van der Waals surface area contributed by atoms with Crippen LogP contribution < -0.4 is 10.6 Å². The Morgan fingerprint density at radius 2 is 1.62 bits per heavy atom. The molecule has 0 saturated heterocycles. The molecular formula is C15H12BrFN2O2. The molecule has 2 rings (SSSR count). The smallest absolute Gasteiger partial charge is 0.251 e. The lowest BCUT2D eigenvalue weighted by atomic mass is 10.2. The maximum atomic E-state index is 12.7. The second-order valence-electron chi connectivity index (χ2n) is 4.24. The Bertz CT molecular complexity index is 642. The third kappa shape index (κ3) is 4.68. The summed E-state index contributed by atoms with van der Waals surface area (Å²) in [5.74, 6) is -1.10. The van der Waals surface area contributed by atoms with E-state index in [1.807, 2.05) is 0 Å². The number of rotatable bonds is 4. The van der Waals surface area contributed by atoms with Gasteiger partial charge in [-0.1, -0.05) is 15.9 Å². The van der Waals surface area contributed by atoms with Gasteiger partial charge in [-0.3, -0.25) is 9.59 Å². The molecule has 0 radical (unpaired) electrons. The zero-order valence-electron chi connectivity index (χ0n) is 10.9. The summed E-state index contributed by atoms with van der Waals surface area (Å²) in [6.45, 7) is -0.160. The highest BCUT2D eigenvalue weighted by Gasteiger charge is 2.08. The van der Waals surface area contributed by atoms with Crippen LogP contribution in [0, 0.1) is 5.82 Å². The first-order valence-corrected chi connectivity index (χ1v) is 6.93. The molecule has 21 heavy (non-hydrogen) atoms. The van der Waals surface area contributed by atoms with Crippen LogP contribution >= 0.6 is 15.9 Å². The van der Waals surface area contributed by atoms with Gasteiger partial charge >= 0.3 is 0 Å². The van der Waals surface area contributed by atoms with E-state index in [0.29, 0.717) is 11.3 Å². The van der Waals surface area contributed by atoms with E-state index in [9.17, 15) is 14.0 Å². The summed E-state index contributed by atoms with van der Waals surface area (Å²) < 4.78 is 13.6. The summed E-state index contributed by atoms with van der Waals surface area (Å²) in [7, 11) is 0. The zero-order chi connectivity index (χ0) is 15.2. The Morgan fingerprint density at radius 1 is 1.00 bits per heavy atom. The number of nitrogens with one attached hydrogen (secondary N) is 2. The molecular weight excluding hydrogens is 339 g/mol. The minimum absolute atomic E-state index is 0.160. The lowest BCUT2D eigenvalue weighted by molar-refractivity contribution is -0.115. The van der Waals surface area contributed by atoms with Crippen molar-refractivity contribution in [3.05, 3.63) is 64.4 Å². The largest absolute Gasteiger partial charge is 0.343 e. The predicted octanol–water partition coefficient (Wildman–Crippen LogP) is 2.96. The first-order valence-electron chi connectivity index (χ1n) is 6.14. The third-order valence-electron chi connectivity index (χ3n) is 2.64. The highest BCUT2D eigenvalue weighted by Crippen LogP contribution is 2.10. The van der Waals surface area contributed by atoms with E-state index in [2.05, 4.69) is 26.6 Å². The van der Waals surface area contributed by atoms with Crippen LogP contribution in [0.15, 0.2) is 53.0 Å². The fourth-order valence-electron chi connectivity index (χ4n) is 1.60. The average molecular weight is 351 g/mol. The molecule has 0 bridgehead atoms. The van der Waals surface area contributed by atoms with E-state index in [1.165, 1.54) is 24.3 Å². The van der Waals surface area contributed by atoms with Crippen molar-refractivity contribution < 1.29 is 14.0 Å². The molecule has 0 heterocycles. The average Bonchev–Trinajstić information content (AvgIpc) is 2.48. The molecule has 2 aromatic rings. The van der Waals surface area contributed by atoms with Crippen molar-refractivity contribution >= 4 is 33.4 Å². The van der Waals surface area contributed by atoms with Gasteiger partial charge in [-0.2, -0.15) is 0 Å². The number of halogens is 2. The Kier molecular flexibility index (Phi) is 5.05. The highest BCUT2D eigenvalue weighted by atomic mass is 79.9. The van der Waals surface area contributed by atoms with Gasteiger partial charge in [0.05, 0.1) is 6.54 Å². The van der Waals surface area contributed by atoms with Gasteiger partial charge in [0.25, 0.3) is 5.91 Å². The van der Waals surface area contributed by atoms with E-state index >= 15 is 0 Å². The molecule has 0 aliphatic carbocycles. The number of carbonyl (C=O) groups is 2. The second kappa shape index (κ2) is 6.99. The number of anilines is 1. The Balaban J connectivity index is 1.84. The van der Waals surface area contributed by atoms with Crippen molar-refractivity contribution in [3.63, 3.8) is 0 Å². The van der Waals surface area contributed by atoms with Crippen LogP contribution in [-0.2, 0) is 4.79 Å². The van der Waals surface area contributed by atoms with E-state index in [-0.39, 0.29) is 24.2 Å². The van der Waals surface area contributed by atoms with Gasteiger partial charge in [0, 0.05) is 15.7 Å². The molecule has 0 atom stereocenters. The first kappa shape index (κ1) is 15.2. The van der Waals surface area contributed by atoms with Gasteiger partial charge < -0.3 is 10.6 Å². The van der Waals surface area contributed by atoms with Crippen LogP contribution in [0.2, 0.25) is 0 Å². The maximum absolute atomic E-state index is 12.7. The van der Waals surface area contributed by atoms with E-state index in [4.69, 9.17) is 0 Å². The standard InChI is InChI=1S/C15H12BrFN2O2/c16-11-3-1-10(2-4-11)15(21)18-9-14(20)19-13-7-5-12(17)6-8-13/h1-8H,9H2,(H,18,21)(H,19,20). The molecule has 2 amide bonds. The normalized spacial score (nSPS) is 10.0. The molecule has 0 saturated carbocycles. The van der Waals surface area contributed by atoms with Crippen molar-refractivity contribution in [2.24, 2.45) is 0 Å². The van der Waals surface area contributed by atoms with Crippen molar-refractivity contribution in [1.82, 2.24) is 5.32 Å². The molecule has 0 aliphatic heterocycles. The zero-order valence-corrected chi connectivity index (χ0v) is 12.5. The van der Waals surface area contributed by atoms with Crippen LogP contribution in [0.5, 0.6) is 0 Å². The predicted molar refractivity (Wildman–Crippen MR) is 81.5 cm³/mol. The van der Waals surface area contributed by atoms with Crippen molar-refractivity contribution in [2.45, 2.75) is 0 Å². The first-order chi connectivity index (χ1) is 10.0. The van der Waals surface area contributed by atoms with Crippen LogP contribution in [0.3, 0.4) is 0 Å². The fraction of sp³-hybridized carbons (Fsp3) is 0.0667. The molecule has 6 heteroatoms. The minimum Gasteiger partial charge on any atom is -0.343 e. The minimum atomic E-state index is -0.382. The van der Waals surface area contributed by atoms with Crippen LogP contribution in [0.1, 0.15) is 10.4 Å². The molecule has 0 aliphatic rings. The molecule has 0 fully saturated rings. The quantitative estimate of drug-likeness (QED) is 0.890. The summed E-state index contributed by atoms with van der Waals surface area (Å²) in [6.07, 6.45) is 0. The van der Waals surface area contributed by atoms with E-state index in [0.717, 1.165) is 4.47 Å². The number of carbonyl (C=O) groups excluding carboxylic acids is 2. The number of hydrogen-bond donors (Lipinski definition) is 2. The molecule has 2 N–H and O–H groups in total. The molecule has 2 aromatic carbocycles. The van der Waals surface area contributed by atoms with Crippen LogP contribution in [0.25, 0.3) is 0 Å². The fourth-order valence-corrected chi connectivity index (χ4v) is 1.87. The van der Waals surface area contributed by atoms with Gasteiger partial charge in [-0.15, -0.1) is 0 Å². The van der Waals surface area contributed by atoms with Gasteiger partial charge in [-0.25, -0.2) is 4.39 Å². The van der Waals surface area contributed by atoms with Gasteiger partial charge in [-0.05, 0) is 48.5 Å². The van der Waals surface area contributed by atoms with Gasteiger partial charge in [0.2, 0.25) is 5.91 Å². The summed E-state index contributed by atoms with van der Waals surface area (Å²) in [5, 5.41) is 5.07. The van der Waals surface area contributed by atoms with Gasteiger partial charge in [0.15, 0.2) is 0 Å². The Labute approximate surface area is 129 Å². The van der Waals surface area contributed by atoms with Crippen molar-refractivity contribution in [3.8, 4) is 0 Å². The molecule has 0 unspecified atom stereocenters. The lowest BCUT2D eigenvalue weighted by Gasteiger charge is -2.07. The Morgan fingerprint density at radius 3 is 2.24 bits per heavy atom. The maximum Gasteiger partial charge on any atom is 0.251 e. The number of benzene rings is 2. The van der Waals surface area contributed by atoms with Crippen molar-refractivity contribution in [1.29, 1.82) is 0 Å². The summed E-state index contributed by atoms with van der Waals surface area (Å²) in [5.41, 5.74) is 0.937. The second-order valence-corrected chi connectivity index (χ2v) is 5.16.